The maximum atomic E-state index is 12.9. The highest BCUT2D eigenvalue weighted by molar-refractivity contribution is 5.97. The molecule has 0 unspecified atom stereocenters. The molecular formula is C25H25N3O4. The van der Waals surface area contributed by atoms with E-state index >= 15 is 0 Å². The number of ether oxygens (including phenoxy) is 1. The van der Waals surface area contributed by atoms with Gasteiger partial charge in [-0.15, -0.1) is 0 Å². The van der Waals surface area contributed by atoms with Crippen LogP contribution < -0.4 is 16.0 Å². The van der Waals surface area contributed by atoms with Crippen molar-refractivity contribution >= 4 is 29.3 Å². The van der Waals surface area contributed by atoms with Crippen LogP contribution in [0, 0.1) is 0 Å². The molecule has 3 amide bonds. The molecule has 0 aliphatic heterocycles. The van der Waals surface area contributed by atoms with E-state index in [1.165, 1.54) is 6.92 Å². The summed E-state index contributed by atoms with van der Waals surface area (Å²) in [7, 11) is 0. The maximum absolute atomic E-state index is 12.9. The lowest BCUT2D eigenvalue weighted by atomic mass is 10.1. The standard InChI is InChI=1S/C25H25N3O4/c1-18(29)26-21-12-14-22(15-13-21)27-24(30)23(16-19-8-4-2-5-9-19)28-25(31)32-17-20-10-6-3-7-11-20/h2-15,23H,16-17H2,1H3,(H,26,29)(H,27,30)(H,28,31)/t23-/m0/s1. The molecule has 0 radical (unpaired) electrons. The molecular weight excluding hydrogens is 406 g/mol. The Morgan fingerprint density at radius 3 is 1.84 bits per heavy atom. The maximum Gasteiger partial charge on any atom is 0.408 e. The Labute approximate surface area is 186 Å². The third kappa shape index (κ3) is 7.28. The normalized spacial score (nSPS) is 11.2. The van der Waals surface area contributed by atoms with Crippen LogP contribution in [0.3, 0.4) is 0 Å². The molecule has 3 aromatic rings. The van der Waals surface area contributed by atoms with Crippen LogP contribution >= 0.6 is 0 Å². The first-order valence-corrected chi connectivity index (χ1v) is 10.2. The van der Waals surface area contributed by atoms with Crippen molar-refractivity contribution in [2.24, 2.45) is 0 Å². The minimum atomic E-state index is -0.837. The second-order valence-electron chi connectivity index (χ2n) is 7.20. The van der Waals surface area contributed by atoms with Crippen LogP contribution in [0.4, 0.5) is 16.2 Å². The van der Waals surface area contributed by atoms with Gasteiger partial charge >= 0.3 is 6.09 Å². The lowest BCUT2D eigenvalue weighted by molar-refractivity contribution is -0.118. The molecule has 32 heavy (non-hydrogen) atoms. The van der Waals surface area contributed by atoms with E-state index in [4.69, 9.17) is 4.74 Å². The molecule has 0 bridgehead atoms. The highest BCUT2D eigenvalue weighted by Gasteiger charge is 2.22. The van der Waals surface area contributed by atoms with Gasteiger partial charge in [0.25, 0.3) is 0 Å². The van der Waals surface area contributed by atoms with Gasteiger partial charge in [0.15, 0.2) is 0 Å². The largest absolute Gasteiger partial charge is 0.445 e. The van der Waals surface area contributed by atoms with Gasteiger partial charge in [0.05, 0.1) is 0 Å². The van der Waals surface area contributed by atoms with Crippen molar-refractivity contribution in [3.05, 3.63) is 96.1 Å². The first kappa shape index (κ1) is 22.6. The lowest BCUT2D eigenvalue weighted by Gasteiger charge is -2.19. The van der Waals surface area contributed by atoms with Crippen molar-refractivity contribution in [3.63, 3.8) is 0 Å². The molecule has 0 saturated heterocycles. The summed E-state index contributed by atoms with van der Waals surface area (Å²) in [4.78, 5) is 36.5. The number of rotatable bonds is 8. The van der Waals surface area contributed by atoms with Crippen molar-refractivity contribution in [2.75, 3.05) is 10.6 Å². The molecule has 3 rings (SSSR count). The fourth-order valence-electron chi connectivity index (χ4n) is 3.04. The van der Waals surface area contributed by atoms with E-state index in [1.54, 1.807) is 24.3 Å². The number of amides is 3. The van der Waals surface area contributed by atoms with Crippen LogP contribution in [0.1, 0.15) is 18.1 Å². The van der Waals surface area contributed by atoms with E-state index in [0.29, 0.717) is 17.8 Å². The SMILES string of the molecule is CC(=O)Nc1ccc(NC(=O)[C@H](Cc2ccccc2)NC(=O)OCc2ccccc2)cc1. The van der Waals surface area contributed by atoms with Crippen LogP contribution in [0.2, 0.25) is 0 Å². The van der Waals surface area contributed by atoms with Gasteiger partial charge in [-0.05, 0) is 35.4 Å². The minimum Gasteiger partial charge on any atom is -0.445 e. The molecule has 0 aliphatic carbocycles. The van der Waals surface area contributed by atoms with Gasteiger partial charge in [-0.25, -0.2) is 4.79 Å². The Hall–Kier alpha value is -4.13. The quantitative estimate of drug-likeness (QED) is 0.500. The van der Waals surface area contributed by atoms with E-state index < -0.39 is 12.1 Å². The zero-order valence-corrected chi connectivity index (χ0v) is 17.7. The van der Waals surface area contributed by atoms with Crippen molar-refractivity contribution < 1.29 is 19.1 Å². The summed E-state index contributed by atoms with van der Waals surface area (Å²) in [6, 6.07) is 24.6. The minimum absolute atomic E-state index is 0.108. The van der Waals surface area contributed by atoms with Gasteiger partial charge in [-0.3, -0.25) is 9.59 Å². The topological polar surface area (TPSA) is 96.5 Å². The molecule has 0 aliphatic rings. The average molecular weight is 431 g/mol. The molecule has 0 spiro atoms. The Morgan fingerprint density at radius 2 is 1.28 bits per heavy atom. The third-order valence-electron chi connectivity index (χ3n) is 4.58. The molecule has 1 atom stereocenters. The molecule has 0 saturated carbocycles. The zero-order valence-electron chi connectivity index (χ0n) is 17.7. The summed E-state index contributed by atoms with van der Waals surface area (Å²) in [5.41, 5.74) is 2.92. The summed E-state index contributed by atoms with van der Waals surface area (Å²) in [6.07, 6.45) is -0.372. The summed E-state index contributed by atoms with van der Waals surface area (Å²) in [5, 5.41) is 8.13. The second kappa shape index (κ2) is 11.3. The molecule has 0 heterocycles. The lowest BCUT2D eigenvalue weighted by Crippen LogP contribution is -2.45. The molecule has 3 aromatic carbocycles. The highest BCUT2D eigenvalue weighted by Crippen LogP contribution is 2.15. The van der Waals surface area contributed by atoms with E-state index in [1.807, 2.05) is 60.7 Å². The Morgan fingerprint density at radius 1 is 0.750 bits per heavy atom. The van der Waals surface area contributed by atoms with E-state index in [2.05, 4.69) is 16.0 Å². The summed E-state index contributed by atoms with van der Waals surface area (Å²) < 4.78 is 5.28. The monoisotopic (exact) mass is 431 g/mol. The Kier molecular flexibility index (Phi) is 7.97. The van der Waals surface area contributed by atoms with Crippen LogP contribution in [0.15, 0.2) is 84.9 Å². The van der Waals surface area contributed by atoms with Gasteiger partial charge in [0, 0.05) is 24.7 Å². The van der Waals surface area contributed by atoms with Gasteiger partial charge in [-0.2, -0.15) is 0 Å². The molecule has 0 aromatic heterocycles. The second-order valence-corrected chi connectivity index (χ2v) is 7.20. The third-order valence-corrected chi connectivity index (χ3v) is 4.58. The molecule has 0 fully saturated rings. The Bertz CT molecular complexity index is 1040. The predicted molar refractivity (Wildman–Crippen MR) is 123 cm³/mol. The molecule has 3 N–H and O–H groups in total. The summed E-state index contributed by atoms with van der Waals surface area (Å²) in [5.74, 6) is -0.555. The van der Waals surface area contributed by atoms with Crippen LogP contribution in [-0.2, 0) is 27.4 Å². The fourth-order valence-corrected chi connectivity index (χ4v) is 3.04. The number of carbonyl (C=O) groups is 3. The van der Waals surface area contributed by atoms with Gasteiger partial charge in [-0.1, -0.05) is 60.7 Å². The van der Waals surface area contributed by atoms with Gasteiger partial charge < -0.3 is 20.7 Å². The predicted octanol–water partition coefficient (Wildman–Crippen LogP) is 4.12. The molecule has 7 nitrogen and oxygen atoms in total. The van der Waals surface area contributed by atoms with E-state index in [0.717, 1.165) is 11.1 Å². The van der Waals surface area contributed by atoms with Crippen molar-refractivity contribution in [3.8, 4) is 0 Å². The first-order valence-electron chi connectivity index (χ1n) is 10.2. The van der Waals surface area contributed by atoms with Crippen LogP contribution in [-0.4, -0.2) is 23.9 Å². The van der Waals surface area contributed by atoms with Crippen molar-refractivity contribution in [1.82, 2.24) is 5.32 Å². The number of hydrogen-bond donors (Lipinski definition) is 3. The van der Waals surface area contributed by atoms with E-state index in [-0.39, 0.29) is 18.4 Å². The van der Waals surface area contributed by atoms with E-state index in [9.17, 15) is 14.4 Å². The zero-order chi connectivity index (χ0) is 22.8. The van der Waals surface area contributed by atoms with Crippen molar-refractivity contribution in [1.29, 1.82) is 0 Å². The van der Waals surface area contributed by atoms with Gasteiger partial charge in [0.2, 0.25) is 11.8 Å². The first-order chi connectivity index (χ1) is 15.5. The molecule has 164 valence electrons. The smallest absolute Gasteiger partial charge is 0.408 e. The Balaban J connectivity index is 1.65. The van der Waals surface area contributed by atoms with Crippen molar-refractivity contribution in [2.45, 2.75) is 26.0 Å². The van der Waals surface area contributed by atoms with Gasteiger partial charge in [0.1, 0.15) is 12.6 Å². The fraction of sp³-hybridized carbons (Fsp3) is 0.160. The van der Waals surface area contributed by atoms with Crippen LogP contribution in [0.25, 0.3) is 0 Å². The van der Waals surface area contributed by atoms with Crippen LogP contribution in [0.5, 0.6) is 0 Å². The number of nitrogens with one attached hydrogen (secondary N) is 3. The number of benzene rings is 3. The highest BCUT2D eigenvalue weighted by atomic mass is 16.5. The number of carbonyl (C=O) groups excluding carboxylic acids is 3. The summed E-state index contributed by atoms with van der Waals surface area (Å²) in [6.45, 7) is 1.53. The summed E-state index contributed by atoms with van der Waals surface area (Å²) >= 11 is 0. The number of alkyl carbamates (subject to hydrolysis) is 1. The molecule has 7 heteroatoms. The number of hydrogen-bond acceptors (Lipinski definition) is 4. The average Bonchev–Trinajstić information content (AvgIpc) is 2.79. The number of anilines is 2.